The topological polar surface area (TPSA) is 61.8 Å². The standard InChI is InChI=1S/C21H24N2O3/c1-23(18-6-5-16-12-26-13-17(16)10-18)19-7-8-20-14(9-19)3-2-4-15(20)11-22-21(24)25/h5-10,15,22H,2-4,11-13H2,1H3,(H,24,25)/t15-/m0/s1. The molecule has 136 valence electrons. The summed E-state index contributed by atoms with van der Waals surface area (Å²) in [5, 5.41) is 11.4. The van der Waals surface area contributed by atoms with Gasteiger partial charge in [0.15, 0.2) is 0 Å². The smallest absolute Gasteiger partial charge is 0.404 e. The van der Waals surface area contributed by atoms with Crippen LogP contribution in [0.25, 0.3) is 0 Å². The summed E-state index contributed by atoms with van der Waals surface area (Å²) in [7, 11) is 2.09. The number of carbonyl (C=O) groups is 1. The highest BCUT2D eigenvalue weighted by atomic mass is 16.5. The monoisotopic (exact) mass is 352 g/mol. The van der Waals surface area contributed by atoms with Crippen LogP contribution in [-0.4, -0.2) is 24.8 Å². The van der Waals surface area contributed by atoms with Crippen molar-refractivity contribution in [3.05, 3.63) is 58.7 Å². The first-order valence-electron chi connectivity index (χ1n) is 9.14. The first kappa shape index (κ1) is 16.9. The molecule has 0 bridgehead atoms. The molecule has 0 unspecified atom stereocenters. The second kappa shape index (κ2) is 7.00. The van der Waals surface area contributed by atoms with E-state index in [-0.39, 0.29) is 5.92 Å². The van der Waals surface area contributed by atoms with E-state index in [1.807, 2.05) is 0 Å². The largest absolute Gasteiger partial charge is 0.465 e. The fourth-order valence-corrected chi connectivity index (χ4v) is 4.05. The molecular weight excluding hydrogens is 328 g/mol. The van der Waals surface area contributed by atoms with E-state index in [9.17, 15) is 4.79 Å². The van der Waals surface area contributed by atoms with Gasteiger partial charge in [-0.25, -0.2) is 4.79 Å². The molecule has 4 rings (SSSR count). The highest BCUT2D eigenvalue weighted by molar-refractivity contribution is 5.66. The highest BCUT2D eigenvalue weighted by Crippen LogP contribution is 2.35. The Hall–Kier alpha value is -2.53. The van der Waals surface area contributed by atoms with Crippen LogP contribution in [0.1, 0.15) is 41.0 Å². The van der Waals surface area contributed by atoms with Crippen molar-refractivity contribution in [1.29, 1.82) is 0 Å². The van der Waals surface area contributed by atoms with Gasteiger partial charge in [-0.1, -0.05) is 12.1 Å². The maximum atomic E-state index is 10.8. The number of aryl methyl sites for hydroxylation is 1. The Morgan fingerprint density at radius 1 is 1.15 bits per heavy atom. The molecule has 1 heterocycles. The first-order valence-corrected chi connectivity index (χ1v) is 9.14. The number of benzene rings is 2. The zero-order valence-corrected chi connectivity index (χ0v) is 15.0. The summed E-state index contributed by atoms with van der Waals surface area (Å²) in [5.74, 6) is 0.270. The fourth-order valence-electron chi connectivity index (χ4n) is 4.05. The number of nitrogens with one attached hydrogen (secondary N) is 1. The van der Waals surface area contributed by atoms with Crippen LogP contribution in [0.2, 0.25) is 0 Å². The van der Waals surface area contributed by atoms with Crippen molar-refractivity contribution in [3.63, 3.8) is 0 Å². The maximum absolute atomic E-state index is 10.8. The summed E-state index contributed by atoms with van der Waals surface area (Å²) < 4.78 is 5.52. The van der Waals surface area contributed by atoms with Crippen LogP contribution in [-0.2, 0) is 24.4 Å². The second-order valence-corrected chi connectivity index (χ2v) is 7.16. The molecule has 2 N–H and O–H groups in total. The van der Waals surface area contributed by atoms with Crippen LogP contribution in [0.3, 0.4) is 0 Å². The summed E-state index contributed by atoms with van der Waals surface area (Å²) in [6, 6.07) is 13.1. The molecule has 0 saturated carbocycles. The van der Waals surface area contributed by atoms with Crippen LogP contribution in [0.15, 0.2) is 36.4 Å². The minimum Gasteiger partial charge on any atom is -0.465 e. The molecule has 0 spiro atoms. The number of rotatable bonds is 4. The summed E-state index contributed by atoms with van der Waals surface area (Å²) in [5.41, 5.74) is 7.49. The van der Waals surface area contributed by atoms with Crippen LogP contribution in [0.5, 0.6) is 0 Å². The van der Waals surface area contributed by atoms with E-state index in [1.54, 1.807) is 0 Å². The molecule has 5 heteroatoms. The van der Waals surface area contributed by atoms with Gasteiger partial charge in [-0.3, -0.25) is 0 Å². The molecule has 2 aliphatic rings. The Bertz CT molecular complexity index is 834. The zero-order chi connectivity index (χ0) is 18.1. The Morgan fingerprint density at radius 2 is 1.88 bits per heavy atom. The van der Waals surface area contributed by atoms with Gasteiger partial charge in [-0.05, 0) is 65.8 Å². The fraction of sp³-hybridized carbons (Fsp3) is 0.381. The van der Waals surface area contributed by atoms with Gasteiger partial charge in [0.1, 0.15) is 0 Å². The summed E-state index contributed by atoms with van der Waals surface area (Å²) in [6.07, 6.45) is 2.24. The number of fused-ring (bicyclic) bond motifs is 2. The highest BCUT2D eigenvalue weighted by Gasteiger charge is 2.22. The third-order valence-corrected chi connectivity index (χ3v) is 5.54. The van der Waals surface area contributed by atoms with E-state index in [4.69, 9.17) is 9.84 Å². The molecule has 1 aliphatic carbocycles. The molecule has 2 aromatic rings. The molecule has 26 heavy (non-hydrogen) atoms. The molecule has 0 saturated heterocycles. The minimum absolute atomic E-state index is 0.270. The van der Waals surface area contributed by atoms with E-state index in [1.165, 1.54) is 22.3 Å². The average molecular weight is 352 g/mol. The summed E-state index contributed by atoms with van der Waals surface area (Å²) in [4.78, 5) is 13.0. The van der Waals surface area contributed by atoms with Gasteiger partial charge in [0.05, 0.1) is 13.2 Å². The minimum atomic E-state index is -0.950. The van der Waals surface area contributed by atoms with Crippen LogP contribution < -0.4 is 10.2 Å². The number of carboxylic acid groups (broad SMARTS) is 1. The van der Waals surface area contributed by atoms with E-state index in [2.05, 4.69) is 53.7 Å². The average Bonchev–Trinajstić information content (AvgIpc) is 3.13. The molecule has 1 aliphatic heterocycles. The van der Waals surface area contributed by atoms with Gasteiger partial charge in [0, 0.05) is 30.9 Å². The Kier molecular flexibility index (Phi) is 4.55. The third-order valence-electron chi connectivity index (χ3n) is 5.54. The van der Waals surface area contributed by atoms with Gasteiger partial charge in [0.25, 0.3) is 0 Å². The molecule has 2 aromatic carbocycles. The lowest BCUT2D eigenvalue weighted by atomic mass is 9.82. The van der Waals surface area contributed by atoms with Crippen molar-refractivity contribution in [1.82, 2.24) is 5.32 Å². The van der Waals surface area contributed by atoms with E-state index >= 15 is 0 Å². The first-order chi connectivity index (χ1) is 12.6. The van der Waals surface area contributed by atoms with Crippen molar-refractivity contribution in [2.24, 2.45) is 0 Å². The molecule has 1 amide bonds. The van der Waals surface area contributed by atoms with Crippen molar-refractivity contribution < 1.29 is 14.6 Å². The number of hydrogen-bond donors (Lipinski definition) is 2. The lowest BCUT2D eigenvalue weighted by Crippen LogP contribution is -2.28. The molecular formula is C21H24N2O3. The van der Waals surface area contributed by atoms with Gasteiger partial charge in [0.2, 0.25) is 0 Å². The van der Waals surface area contributed by atoms with Crippen LogP contribution in [0, 0.1) is 0 Å². The SMILES string of the molecule is CN(c1ccc2c(c1)COC2)c1ccc2c(c1)CCC[C@H]2CNC(=O)O. The number of amides is 1. The summed E-state index contributed by atoms with van der Waals surface area (Å²) in [6.45, 7) is 1.89. The van der Waals surface area contributed by atoms with Crippen molar-refractivity contribution in [3.8, 4) is 0 Å². The number of anilines is 2. The van der Waals surface area contributed by atoms with Gasteiger partial charge in [-0.15, -0.1) is 0 Å². The lowest BCUT2D eigenvalue weighted by molar-refractivity contribution is 0.134. The normalized spacial score (nSPS) is 18.1. The molecule has 1 atom stereocenters. The van der Waals surface area contributed by atoms with E-state index < -0.39 is 6.09 Å². The summed E-state index contributed by atoms with van der Waals surface area (Å²) >= 11 is 0. The lowest BCUT2D eigenvalue weighted by Gasteiger charge is -2.28. The molecule has 0 radical (unpaired) electrons. The van der Waals surface area contributed by atoms with Gasteiger partial charge in [-0.2, -0.15) is 0 Å². The zero-order valence-electron chi connectivity index (χ0n) is 15.0. The van der Waals surface area contributed by atoms with Crippen LogP contribution >= 0.6 is 0 Å². The van der Waals surface area contributed by atoms with Crippen molar-refractivity contribution >= 4 is 17.5 Å². The predicted molar refractivity (Wildman–Crippen MR) is 101 cm³/mol. The Labute approximate surface area is 153 Å². The molecule has 5 nitrogen and oxygen atoms in total. The Balaban J connectivity index is 1.57. The third kappa shape index (κ3) is 3.27. The van der Waals surface area contributed by atoms with E-state index in [0.29, 0.717) is 19.8 Å². The second-order valence-electron chi connectivity index (χ2n) is 7.16. The molecule has 0 aromatic heterocycles. The number of hydrogen-bond acceptors (Lipinski definition) is 3. The quantitative estimate of drug-likeness (QED) is 0.867. The Morgan fingerprint density at radius 3 is 2.69 bits per heavy atom. The predicted octanol–water partition coefficient (Wildman–Crippen LogP) is 4.17. The van der Waals surface area contributed by atoms with Crippen molar-refractivity contribution in [2.45, 2.75) is 38.4 Å². The van der Waals surface area contributed by atoms with E-state index in [0.717, 1.165) is 30.6 Å². The van der Waals surface area contributed by atoms with Crippen LogP contribution in [0.4, 0.5) is 16.2 Å². The van der Waals surface area contributed by atoms with Crippen molar-refractivity contribution in [2.75, 3.05) is 18.5 Å². The molecule has 0 fully saturated rings. The number of ether oxygens (including phenoxy) is 1. The van der Waals surface area contributed by atoms with Gasteiger partial charge >= 0.3 is 6.09 Å². The maximum Gasteiger partial charge on any atom is 0.404 e. The number of nitrogens with zero attached hydrogens (tertiary/aromatic N) is 1. The van der Waals surface area contributed by atoms with Gasteiger partial charge < -0.3 is 20.1 Å².